The summed E-state index contributed by atoms with van der Waals surface area (Å²) in [6.07, 6.45) is 4.16. The minimum atomic E-state index is -0.321. The Morgan fingerprint density at radius 3 is 2.13 bits per heavy atom. The summed E-state index contributed by atoms with van der Waals surface area (Å²) < 4.78 is 0. The SMILES string of the molecule is CC(C)=CCN1CCC(NC(=O)c2ccc(NC(=O)Nc3ccccc3)cc2)CC1. The molecule has 6 nitrogen and oxygen atoms in total. The van der Waals surface area contributed by atoms with Gasteiger partial charge in [-0.25, -0.2) is 4.79 Å². The molecule has 3 rings (SSSR count). The van der Waals surface area contributed by atoms with Crippen LogP contribution in [0.2, 0.25) is 0 Å². The predicted molar refractivity (Wildman–Crippen MR) is 122 cm³/mol. The number of hydrogen-bond donors (Lipinski definition) is 3. The van der Waals surface area contributed by atoms with Gasteiger partial charge in [0.1, 0.15) is 0 Å². The summed E-state index contributed by atoms with van der Waals surface area (Å²) in [7, 11) is 0. The number of carbonyl (C=O) groups is 2. The minimum absolute atomic E-state index is 0.0713. The van der Waals surface area contributed by atoms with Crippen molar-refractivity contribution >= 4 is 23.3 Å². The average molecular weight is 407 g/mol. The molecule has 0 saturated carbocycles. The number of rotatable bonds is 6. The van der Waals surface area contributed by atoms with E-state index in [0.29, 0.717) is 11.3 Å². The van der Waals surface area contributed by atoms with Crippen molar-refractivity contribution in [2.75, 3.05) is 30.3 Å². The number of amides is 3. The Labute approximate surface area is 178 Å². The lowest BCUT2D eigenvalue weighted by molar-refractivity contribution is 0.0914. The van der Waals surface area contributed by atoms with Crippen molar-refractivity contribution in [3.05, 3.63) is 71.8 Å². The number of urea groups is 1. The lowest BCUT2D eigenvalue weighted by Gasteiger charge is -2.31. The summed E-state index contributed by atoms with van der Waals surface area (Å²) in [6, 6.07) is 16.1. The third kappa shape index (κ3) is 6.74. The molecule has 0 atom stereocenters. The van der Waals surface area contributed by atoms with Crippen LogP contribution in [0.3, 0.4) is 0 Å². The molecule has 1 heterocycles. The standard InChI is InChI=1S/C24H30N4O2/c1-18(2)12-15-28-16-13-22(14-17-28)25-23(29)19-8-10-21(11-9-19)27-24(30)26-20-6-4-3-5-7-20/h3-12,22H,13-17H2,1-2H3,(H,25,29)(H2,26,27,30). The molecule has 3 amide bonds. The van der Waals surface area contributed by atoms with Crippen LogP contribution in [-0.4, -0.2) is 42.5 Å². The van der Waals surface area contributed by atoms with Crippen LogP contribution < -0.4 is 16.0 Å². The van der Waals surface area contributed by atoms with E-state index in [0.717, 1.165) is 38.2 Å². The van der Waals surface area contributed by atoms with Crippen LogP contribution in [-0.2, 0) is 0 Å². The lowest BCUT2D eigenvalue weighted by atomic mass is 10.0. The topological polar surface area (TPSA) is 73.5 Å². The van der Waals surface area contributed by atoms with E-state index in [1.54, 1.807) is 24.3 Å². The first-order valence-corrected chi connectivity index (χ1v) is 10.4. The highest BCUT2D eigenvalue weighted by atomic mass is 16.2. The fraction of sp³-hybridized carbons (Fsp3) is 0.333. The van der Waals surface area contributed by atoms with Gasteiger partial charge in [0.05, 0.1) is 0 Å². The van der Waals surface area contributed by atoms with Crippen LogP contribution in [0.25, 0.3) is 0 Å². The van der Waals surface area contributed by atoms with Gasteiger partial charge >= 0.3 is 6.03 Å². The second-order valence-electron chi connectivity index (χ2n) is 7.85. The molecule has 0 spiro atoms. The number of nitrogens with one attached hydrogen (secondary N) is 3. The molecule has 1 fully saturated rings. The Morgan fingerprint density at radius 1 is 0.933 bits per heavy atom. The zero-order valence-corrected chi connectivity index (χ0v) is 17.7. The molecule has 0 unspecified atom stereocenters. The fourth-order valence-electron chi connectivity index (χ4n) is 3.36. The molecular formula is C24H30N4O2. The molecule has 158 valence electrons. The maximum atomic E-state index is 12.6. The molecule has 1 aliphatic heterocycles. The highest BCUT2D eigenvalue weighted by Gasteiger charge is 2.20. The molecule has 1 saturated heterocycles. The average Bonchev–Trinajstić information content (AvgIpc) is 2.74. The molecule has 0 bridgehead atoms. The van der Waals surface area contributed by atoms with Gasteiger partial charge in [-0.05, 0) is 63.1 Å². The van der Waals surface area contributed by atoms with Crippen molar-refractivity contribution in [3.8, 4) is 0 Å². The van der Waals surface area contributed by atoms with Gasteiger partial charge in [-0.15, -0.1) is 0 Å². The number of nitrogens with zero attached hydrogens (tertiary/aromatic N) is 1. The van der Waals surface area contributed by atoms with E-state index in [4.69, 9.17) is 0 Å². The maximum absolute atomic E-state index is 12.6. The first kappa shape index (κ1) is 21.6. The molecular weight excluding hydrogens is 376 g/mol. The summed E-state index contributed by atoms with van der Waals surface area (Å²) in [5, 5.41) is 8.67. The van der Waals surface area contributed by atoms with Gasteiger partial charge in [0.15, 0.2) is 0 Å². The molecule has 2 aromatic rings. The first-order valence-electron chi connectivity index (χ1n) is 10.4. The Morgan fingerprint density at radius 2 is 1.53 bits per heavy atom. The van der Waals surface area contributed by atoms with Gasteiger partial charge < -0.3 is 16.0 Å². The number of likely N-dealkylation sites (tertiary alicyclic amines) is 1. The van der Waals surface area contributed by atoms with E-state index in [2.05, 4.69) is 40.8 Å². The second kappa shape index (κ2) is 10.6. The van der Waals surface area contributed by atoms with Crippen molar-refractivity contribution in [3.63, 3.8) is 0 Å². The molecule has 3 N–H and O–H groups in total. The van der Waals surface area contributed by atoms with Crippen LogP contribution in [0, 0.1) is 0 Å². The predicted octanol–water partition coefficient (Wildman–Crippen LogP) is 4.49. The number of benzene rings is 2. The van der Waals surface area contributed by atoms with Crippen molar-refractivity contribution in [1.29, 1.82) is 0 Å². The zero-order chi connectivity index (χ0) is 21.3. The smallest absolute Gasteiger partial charge is 0.323 e. The van der Waals surface area contributed by atoms with E-state index in [1.807, 2.05) is 30.3 Å². The highest BCUT2D eigenvalue weighted by molar-refractivity contribution is 6.00. The number of para-hydroxylation sites is 1. The molecule has 6 heteroatoms. The largest absolute Gasteiger partial charge is 0.349 e. The highest BCUT2D eigenvalue weighted by Crippen LogP contribution is 2.14. The third-order valence-corrected chi connectivity index (χ3v) is 5.12. The third-order valence-electron chi connectivity index (χ3n) is 5.12. The van der Waals surface area contributed by atoms with E-state index < -0.39 is 0 Å². The fourth-order valence-corrected chi connectivity index (χ4v) is 3.36. The molecule has 0 aromatic heterocycles. The number of carbonyl (C=O) groups excluding carboxylic acids is 2. The number of piperidine rings is 1. The van der Waals surface area contributed by atoms with E-state index in [9.17, 15) is 9.59 Å². The van der Waals surface area contributed by atoms with Gasteiger partial charge in [-0.2, -0.15) is 0 Å². The molecule has 1 aliphatic rings. The van der Waals surface area contributed by atoms with Gasteiger partial charge in [0.2, 0.25) is 0 Å². The van der Waals surface area contributed by atoms with E-state index in [-0.39, 0.29) is 18.0 Å². The van der Waals surface area contributed by atoms with Gasteiger partial charge in [0.25, 0.3) is 5.91 Å². The quantitative estimate of drug-likeness (QED) is 0.619. The van der Waals surface area contributed by atoms with E-state index in [1.165, 1.54) is 5.57 Å². The maximum Gasteiger partial charge on any atom is 0.323 e. The Bertz CT molecular complexity index is 866. The van der Waals surface area contributed by atoms with Crippen LogP contribution in [0.5, 0.6) is 0 Å². The Balaban J connectivity index is 1.45. The van der Waals surface area contributed by atoms with Crippen LogP contribution in [0.15, 0.2) is 66.2 Å². The number of anilines is 2. The van der Waals surface area contributed by atoms with Gasteiger partial charge in [0, 0.05) is 42.6 Å². The van der Waals surface area contributed by atoms with Crippen molar-refractivity contribution < 1.29 is 9.59 Å². The molecule has 0 aliphatic carbocycles. The van der Waals surface area contributed by atoms with Crippen LogP contribution in [0.4, 0.5) is 16.2 Å². The summed E-state index contributed by atoms with van der Waals surface area (Å²) in [5.74, 6) is -0.0713. The number of allylic oxidation sites excluding steroid dienone is 1. The van der Waals surface area contributed by atoms with Crippen molar-refractivity contribution in [1.82, 2.24) is 10.2 Å². The van der Waals surface area contributed by atoms with Crippen LogP contribution in [0.1, 0.15) is 37.0 Å². The van der Waals surface area contributed by atoms with Crippen molar-refractivity contribution in [2.24, 2.45) is 0 Å². The second-order valence-corrected chi connectivity index (χ2v) is 7.85. The Hall–Kier alpha value is -3.12. The van der Waals surface area contributed by atoms with Crippen molar-refractivity contribution in [2.45, 2.75) is 32.7 Å². The zero-order valence-electron chi connectivity index (χ0n) is 17.7. The number of hydrogen-bond acceptors (Lipinski definition) is 3. The van der Waals surface area contributed by atoms with Crippen LogP contribution >= 0.6 is 0 Å². The monoisotopic (exact) mass is 406 g/mol. The summed E-state index contributed by atoms with van der Waals surface area (Å²) in [6.45, 7) is 7.20. The summed E-state index contributed by atoms with van der Waals surface area (Å²) in [4.78, 5) is 27.0. The minimum Gasteiger partial charge on any atom is -0.349 e. The first-order chi connectivity index (χ1) is 14.5. The molecule has 0 radical (unpaired) electrons. The van der Waals surface area contributed by atoms with E-state index >= 15 is 0 Å². The van der Waals surface area contributed by atoms with Gasteiger partial charge in [-0.3, -0.25) is 9.69 Å². The Kier molecular flexibility index (Phi) is 7.63. The summed E-state index contributed by atoms with van der Waals surface area (Å²) >= 11 is 0. The molecule has 2 aromatic carbocycles. The molecule has 30 heavy (non-hydrogen) atoms. The summed E-state index contributed by atoms with van der Waals surface area (Å²) in [5.41, 5.74) is 3.28. The lowest BCUT2D eigenvalue weighted by Crippen LogP contribution is -2.44. The van der Waals surface area contributed by atoms with Gasteiger partial charge in [-0.1, -0.05) is 29.8 Å². The normalized spacial score (nSPS) is 14.6.